The highest BCUT2D eigenvalue weighted by molar-refractivity contribution is 5.25. The molecule has 2 N–H and O–H groups in total. The minimum absolute atomic E-state index is 0.446. The molecule has 0 aliphatic carbocycles. The lowest BCUT2D eigenvalue weighted by atomic mass is 10.1. The van der Waals surface area contributed by atoms with Gasteiger partial charge in [-0.2, -0.15) is 0 Å². The number of anilines is 1. The third-order valence-electron chi connectivity index (χ3n) is 3.11. The van der Waals surface area contributed by atoms with E-state index in [9.17, 15) is 0 Å². The van der Waals surface area contributed by atoms with Gasteiger partial charge in [-0.15, -0.1) is 0 Å². The van der Waals surface area contributed by atoms with E-state index in [2.05, 4.69) is 34.4 Å². The van der Waals surface area contributed by atoms with Crippen molar-refractivity contribution in [1.82, 2.24) is 15.3 Å². The number of ether oxygens (including phenoxy) is 1. The molecule has 18 heavy (non-hydrogen) atoms. The largest absolute Gasteiger partial charge is 0.379 e. The van der Waals surface area contributed by atoms with Gasteiger partial charge in [0.2, 0.25) is 5.95 Å². The van der Waals surface area contributed by atoms with Crippen molar-refractivity contribution in [3.8, 4) is 0 Å². The minimum Gasteiger partial charge on any atom is -0.379 e. The molecule has 1 aromatic rings. The molecule has 0 spiro atoms. The topological polar surface area (TPSA) is 59.1 Å². The standard InChI is InChI=1S/C13H22N4O/c1-10(2)11-7-16-13(17-8-11)15-4-3-12-9-18-6-5-14-12/h7-8,10,12,14H,3-6,9H2,1-2H3,(H,15,16,17). The molecule has 1 fully saturated rings. The second-order valence-electron chi connectivity index (χ2n) is 4.94. The summed E-state index contributed by atoms with van der Waals surface area (Å²) in [6, 6.07) is 0.446. The predicted octanol–water partition coefficient (Wildman–Crippen LogP) is 1.39. The van der Waals surface area contributed by atoms with Crippen molar-refractivity contribution in [3.63, 3.8) is 0 Å². The Morgan fingerprint density at radius 1 is 1.44 bits per heavy atom. The maximum atomic E-state index is 5.41. The Balaban J connectivity index is 1.72. The zero-order valence-corrected chi connectivity index (χ0v) is 11.1. The van der Waals surface area contributed by atoms with Gasteiger partial charge in [0, 0.05) is 31.5 Å². The fourth-order valence-corrected chi connectivity index (χ4v) is 1.89. The van der Waals surface area contributed by atoms with Gasteiger partial charge in [0.1, 0.15) is 0 Å². The molecule has 1 saturated heterocycles. The van der Waals surface area contributed by atoms with Crippen molar-refractivity contribution in [3.05, 3.63) is 18.0 Å². The van der Waals surface area contributed by atoms with E-state index in [0.717, 1.165) is 32.7 Å². The second-order valence-corrected chi connectivity index (χ2v) is 4.94. The molecule has 1 unspecified atom stereocenters. The zero-order valence-electron chi connectivity index (χ0n) is 11.1. The summed E-state index contributed by atoms with van der Waals surface area (Å²) in [4.78, 5) is 8.62. The van der Waals surface area contributed by atoms with Gasteiger partial charge in [-0.05, 0) is 17.9 Å². The molecule has 0 saturated carbocycles. The van der Waals surface area contributed by atoms with Crippen LogP contribution in [0.2, 0.25) is 0 Å². The van der Waals surface area contributed by atoms with Crippen LogP contribution in [0.15, 0.2) is 12.4 Å². The van der Waals surface area contributed by atoms with Crippen LogP contribution >= 0.6 is 0 Å². The van der Waals surface area contributed by atoms with Crippen molar-refractivity contribution in [2.45, 2.75) is 32.2 Å². The fourth-order valence-electron chi connectivity index (χ4n) is 1.89. The Labute approximate surface area is 108 Å². The number of hydrogen-bond acceptors (Lipinski definition) is 5. The molecule has 1 atom stereocenters. The maximum Gasteiger partial charge on any atom is 0.222 e. The average Bonchev–Trinajstić information content (AvgIpc) is 2.40. The Hall–Kier alpha value is -1.20. The van der Waals surface area contributed by atoms with Crippen molar-refractivity contribution in [2.24, 2.45) is 0 Å². The van der Waals surface area contributed by atoms with E-state index >= 15 is 0 Å². The number of nitrogens with one attached hydrogen (secondary N) is 2. The molecule has 5 nitrogen and oxygen atoms in total. The van der Waals surface area contributed by atoms with E-state index in [-0.39, 0.29) is 0 Å². The van der Waals surface area contributed by atoms with Crippen LogP contribution in [0, 0.1) is 0 Å². The maximum absolute atomic E-state index is 5.41. The molecule has 5 heteroatoms. The normalized spacial score (nSPS) is 20.1. The molecule has 2 rings (SSSR count). The Kier molecular flexibility index (Phi) is 4.90. The smallest absolute Gasteiger partial charge is 0.222 e. The highest BCUT2D eigenvalue weighted by Gasteiger charge is 2.12. The number of aromatic nitrogens is 2. The average molecular weight is 250 g/mol. The third kappa shape index (κ3) is 3.92. The molecule has 0 radical (unpaired) electrons. The number of rotatable bonds is 5. The molecule has 1 aromatic heterocycles. The third-order valence-corrected chi connectivity index (χ3v) is 3.11. The minimum atomic E-state index is 0.446. The van der Waals surface area contributed by atoms with Crippen molar-refractivity contribution in [1.29, 1.82) is 0 Å². The number of morpholine rings is 1. The summed E-state index contributed by atoms with van der Waals surface area (Å²) >= 11 is 0. The van der Waals surface area contributed by atoms with Gasteiger partial charge in [-0.1, -0.05) is 13.8 Å². The van der Waals surface area contributed by atoms with Crippen LogP contribution in [-0.4, -0.2) is 42.3 Å². The summed E-state index contributed by atoms with van der Waals surface area (Å²) in [5.74, 6) is 1.18. The van der Waals surface area contributed by atoms with Crippen molar-refractivity contribution in [2.75, 3.05) is 31.6 Å². The highest BCUT2D eigenvalue weighted by Crippen LogP contribution is 2.12. The van der Waals surface area contributed by atoms with Gasteiger partial charge in [-0.25, -0.2) is 9.97 Å². The number of hydrogen-bond donors (Lipinski definition) is 2. The molecule has 2 heterocycles. The Morgan fingerprint density at radius 2 is 2.22 bits per heavy atom. The van der Waals surface area contributed by atoms with Crippen LogP contribution in [0.5, 0.6) is 0 Å². The molecule has 0 bridgehead atoms. The van der Waals surface area contributed by atoms with Crippen LogP contribution in [-0.2, 0) is 4.74 Å². The van der Waals surface area contributed by atoms with Crippen molar-refractivity contribution < 1.29 is 4.74 Å². The van der Waals surface area contributed by atoms with E-state index < -0.39 is 0 Å². The number of nitrogens with zero attached hydrogens (tertiary/aromatic N) is 2. The van der Waals surface area contributed by atoms with E-state index in [1.165, 1.54) is 5.56 Å². The van der Waals surface area contributed by atoms with Gasteiger partial charge < -0.3 is 15.4 Å². The zero-order chi connectivity index (χ0) is 12.8. The van der Waals surface area contributed by atoms with Gasteiger partial charge in [0.25, 0.3) is 0 Å². The predicted molar refractivity (Wildman–Crippen MR) is 71.8 cm³/mol. The first-order valence-electron chi connectivity index (χ1n) is 6.62. The SMILES string of the molecule is CC(C)c1cnc(NCCC2COCCN2)nc1. The summed E-state index contributed by atoms with van der Waals surface area (Å²) in [5, 5.41) is 6.66. The lowest BCUT2D eigenvalue weighted by molar-refractivity contribution is 0.0753. The summed E-state index contributed by atoms with van der Waals surface area (Å²) in [5.41, 5.74) is 1.17. The Morgan fingerprint density at radius 3 is 2.83 bits per heavy atom. The quantitative estimate of drug-likeness (QED) is 0.827. The summed E-state index contributed by atoms with van der Waals surface area (Å²) in [6.45, 7) is 7.71. The summed E-state index contributed by atoms with van der Waals surface area (Å²) in [6.07, 6.45) is 4.80. The molecule has 0 aromatic carbocycles. The van der Waals surface area contributed by atoms with Crippen molar-refractivity contribution >= 4 is 5.95 Å². The van der Waals surface area contributed by atoms with Crippen LogP contribution in [0.4, 0.5) is 5.95 Å². The molecular formula is C13H22N4O. The van der Waals surface area contributed by atoms with E-state index in [4.69, 9.17) is 4.74 Å². The van der Waals surface area contributed by atoms with Crippen LogP contribution in [0.1, 0.15) is 31.7 Å². The Bertz CT molecular complexity index is 347. The van der Waals surface area contributed by atoms with Gasteiger partial charge >= 0.3 is 0 Å². The first-order valence-corrected chi connectivity index (χ1v) is 6.62. The summed E-state index contributed by atoms with van der Waals surface area (Å²) in [7, 11) is 0. The van der Waals surface area contributed by atoms with Crippen LogP contribution < -0.4 is 10.6 Å². The van der Waals surface area contributed by atoms with E-state index in [0.29, 0.717) is 17.9 Å². The molecule has 100 valence electrons. The van der Waals surface area contributed by atoms with Gasteiger partial charge in [-0.3, -0.25) is 0 Å². The van der Waals surface area contributed by atoms with E-state index in [1.807, 2.05) is 12.4 Å². The lowest BCUT2D eigenvalue weighted by Gasteiger charge is -2.23. The monoisotopic (exact) mass is 250 g/mol. The van der Waals surface area contributed by atoms with Crippen LogP contribution in [0.3, 0.4) is 0 Å². The highest BCUT2D eigenvalue weighted by atomic mass is 16.5. The fraction of sp³-hybridized carbons (Fsp3) is 0.692. The van der Waals surface area contributed by atoms with Crippen LogP contribution in [0.25, 0.3) is 0 Å². The van der Waals surface area contributed by atoms with E-state index in [1.54, 1.807) is 0 Å². The first kappa shape index (κ1) is 13.2. The van der Waals surface area contributed by atoms with Gasteiger partial charge in [0.15, 0.2) is 0 Å². The molecule has 0 amide bonds. The molecule has 1 aliphatic rings. The first-order chi connectivity index (χ1) is 8.75. The van der Waals surface area contributed by atoms with Gasteiger partial charge in [0.05, 0.1) is 13.2 Å². The lowest BCUT2D eigenvalue weighted by Crippen LogP contribution is -2.42. The second kappa shape index (κ2) is 6.66. The molecular weight excluding hydrogens is 228 g/mol. The summed E-state index contributed by atoms with van der Waals surface area (Å²) < 4.78 is 5.41. The molecule has 1 aliphatic heterocycles.